The van der Waals surface area contributed by atoms with Crippen LogP contribution in [0.1, 0.15) is 44.5 Å². The molecule has 26 heavy (non-hydrogen) atoms. The Morgan fingerprint density at radius 2 is 2.15 bits per heavy atom. The number of hydrogen-bond donors (Lipinski definition) is 1. The Bertz CT molecular complexity index is 731. The summed E-state index contributed by atoms with van der Waals surface area (Å²) in [6, 6.07) is 7.61. The molecule has 7 heteroatoms. The lowest BCUT2D eigenvalue weighted by molar-refractivity contribution is -0.122. The molecule has 1 N–H and O–H groups in total. The number of amides is 1. The van der Waals surface area contributed by atoms with Crippen LogP contribution in [-0.4, -0.2) is 34.4 Å². The van der Waals surface area contributed by atoms with E-state index in [4.69, 9.17) is 11.6 Å². The lowest BCUT2D eigenvalue weighted by Crippen LogP contribution is -2.43. The molecule has 140 valence electrons. The van der Waals surface area contributed by atoms with Gasteiger partial charge in [0.05, 0.1) is 0 Å². The van der Waals surface area contributed by atoms with Crippen LogP contribution in [0.5, 0.6) is 0 Å². The molecule has 1 aromatic carbocycles. The molecule has 1 amide bonds. The van der Waals surface area contributed by atoms with Crippen molar-refractivity contribution in [3.05, 3.63) is 40.7 Å². The molecule has 1 aliphatic heterocycles. The minimum atomic E-state index is -0.126. The number of nitrogens with one attached hydrogen (secondary N) is 1. The van der Waals surface area contributed by atoms with Crippen LogP contribution in [-0.2, 0) is 11.2 Å². The van der Waals surface area contributed by atoms with E-state index in [2.05, 4.69) is 33.4 Å². The molecule has 0 radical (unpaired) electrons. The predicted molar refractivity (Wildman–Crippen MR) is 107 cm³/mol. The molecule has 5 nitrogen and oxygen atoms in total. The largest absolute Gasteiger partial charge is 0.354 e. The molecule has 1 fully saturated rings. The first kappa shape index (κ1) is 19.1. The van der Waals surface area contributed by atoms with Gasteiger partial charge in [-0.2, -0.15) is 4.37 Å². The Morgan fingerprint density at radius 3 is 2.88 bits per heavy atom. The molecule has 1 aliphatic rings. The number of anilines is 1. The van der Waals surface area contributed by atoms with Gasteiger partial charge in [0, 0.05) is 36.1 Å². The van der Waals surface area contributed by atoms with E-state index in [0.29, 0.717) is 12.3 Å². The molecule has 0 bridgehead atoms. The van der Waals surface area contributed by atoms with Gasteiger partial charge in [-0.3, -0.25) is 4.79 Å². The second kappa shape index (κ2) is 8.82. The zero-order valence-corrected chi connectivity index (χ0v) is 16.8. The number of nitrogens with zero attached hydrogens (tertiary/aromatic N) is 3. The van der Waals surface area contributed by atoms with Gasteiger partial charge in [0.2, 0.25) is 11.0 Å². The van der Waals surface area contributed by atoms with Gasteiger partial charge in [-0.05, 0) is 42.9 Å². The van der Waals surface area contributed by atoms with Crippen molar-refractivity contribution in [2.75, 3.05) is 18.0 Å². The highest BCUT2D eigenvalue weighted by Crippen LogP contribution is 2.28. The summed E-state index contributed by atoms with van der Waals surface area (Å²) in [5, 5.41) is 4.64. The summed E-state index contributed by atoms with van der Waals surface area (Å²) >= 11 is 7.31. The van der Waals surface area contributed by atoms with Gasteiger partial charge in [0.25, 0.3) is 0 Å². The van der Waals surface area contributed by atoms with Crippen LogP contribution in [0.15, 0.2) is 24.3 Å². The first-order valence-corrected chi connectivity index (χ1v) is 10.3. The van der Waals surface area contributed by atoms with Crippen molar-refractivity contribution in [3.8, 4) is 0 Å². The highest BCUT2D eigenvalue weighted by atomic mass is 35.5. The molecule has 1 aromatic heterocycles. The summed E-state index contributed by atoms with van der Waals surface area (Å²) in [4.78, 5) is 19.3. The minimum absolute atomic E-state index is 0.109. The number of halogens is 1. The van der Waals surface area contributed by atoms with Crippen molar-refractivity contribution in [3.63, 3.8) is 0 Å². The second-order valence-electron chi connectivity index (χ2n) is 7.12. The molecular weight excluding hydrogens is 368 g/mol. The van der Waals surface area contributed by atoms with Crippen molar-refractivity contribution in [2.45, 2.75) is 45.6 Å². The van der Waals surface area contributed by atoms with Crippen molar-refractivity contribution >= 4 is 34.2 Å². The van der Waals surface area contributed by atoms with Crippen LogP contribution >= 0.6 is 23.1 Å². The third kappa shape index (κ3) is 4.95. The normalized spacial score (nSPS) is 17.1. The van der Waals surface area contributed by atoms with E-state index in [0.717, 1.165) is 53.9 Å². The molecular formula is C19H25ClN4OS. The lowest BCUT2D eigenvalue weighted by atomic mass is 10.1. The molecule has 1 saturated heterocycles. The number of carbonyl (C=O) groups excluding carboxylic acids is 1. The Balaban J connectivity index is 1.61. The molecule has 0 spiro atoms. The van der Waals surface area contributed by atoms with Crippen LogP contribution in [0.4, 0.5) is 5.13 Å². The van der Waals surface area contributed by atoms with Gasteiger partial charge in [-0.25, -0.2) is 4.98 Å². The van der Waals surface area contributed by atoms with E-state index in [9.17, 15) is 4.79 Å². The van der Waals surface area contributed by atoms with E-state index >= 15 is 0 Å². The molecule has 2 heterocycles. The third-order valence-electron chi connectivity index (χ3n) is 4.55. The molecule has 2 aromatic rings. The Hall–Kier alpha value is -1.66. The van der Waals surface area contributed by atoms with Crippen LogP contribution in [0, 0.1) is 5.92 Å². The summed E-state index contributed by atoms with van der Waals surface area (Å²) in [6.45, 7) is 5.92. The summed E-state index contributed by atoms with van der Waals surface area (Å²) in [7, 11) is 0. The molecule has 0 saturated carbocycles. The van der Waals surface area contributed by atoms with Gasteiger partial charge >= 0.3 is 0 Å². The van der Waals surface area contributed by atoms with Crippen molar-refractivity contribution in [1.82, 2.24) is 14.7 Å². The number of benzene rings is 1. The SMILES string of the molecule is CC(C)CCNC(=O)C1CCCN1c1nc(Cc2ccc(Cl)cc2)ns1. The molecule has 3 rings (SSSR count). The van der Waals surface area contributed by atoms with Gasteiger partial charge in [-0.1, -0.05) is 37.6 Å². The molecule has 1 unspecified atom stereocenters. The highest BCUT2D eigenvalue weighted by Gasteiger charge is 2.32. The van der Waals surface area contributed by atoms with Gasteiger partial charge in [-0.15, -0.1) is 0 Å². The maximum Gasteiger partial charge on any atom is 0.242 e. The van der Waals surface area contributed by atoms with E-state index in [1.807, 2.05) is 24.3 Å². The zero-order chi connectivity index (χ0) is 18.5. The quantitative estimate of drug-likeness (QED) is 0.776. The number of rotatable bonds is 7. The Labute approximate surface area is 163 Å². The van der Waals surface area contributed by atoms with Crippen molar-refractivity contribution in [1.29, 1.82) is 0 Å². The lowest BCUT2D eigenvalue weighted by Gasteiger charge is -2.22. The fourth-order valence-corrected chi connectivity index (χ4v) is 3.98. The maximum absolute atomic E-state index is 12.5. The summed E-state index contributed by atoms with van der Waals surface area (Å²) in [5.41, 5.74) is 1.13. The monoisotopic (exact) mass is 392 g/mol. The Morgan fingerprint density at radius 1 is 1.38 bits per heavy atom. The number of aromatic nitrogens is 2. The Kier molecular flexibility index (Phi) is 6.48. The standard InChI is InChI=1S/C19H25ClN4OS/c1-13(2)9-10-21-18(25)16-4-3-11-24(16)19-22-17(23-26-19)12-14-5-7-15(20)8-6-14/h5-8,13,16H,3-4,9-12H2,1-2H3,(H,21,25). The topological polar surface area (TPSA) is 58.1 Å². The summed E-state index contributed by atoms with van der Waals surface area (Å²) < 4.78 is 4.48. The zero-order valence-electron chi connectivity index (χ0n) is 15.2. The van der Waals surface area contributed by atoms with Crippen molar-refractivity contribution in [2.24, 2.45) is 5.92 Å². The highest BCUT2D eigenvalue weighted by molar-refractivity contribution is 7.09. The maximum atomic E-state index is 12.5. The fraction of sp³-hybridized carbons (Fsp3) is 0.526. The number of hydrogen-bond acceptors (Lipinski definition) is 5. The average Bonchev–Trinajstić information content (AvgIpc) is 3.25. The molecule has 1 atom stereocenters. The van der Waals surface area contributed by atoms with Crippen molar-refractivity contribution < 1.29 is 4.79 Å². The number of carbonyl (C=O) groups is 1. The van der Waals surface area contributed by atoms with Crippen LogP contribution in [0.2, 0.25) is 5.02 Å². The third-order valence-corrected chi connectivity index (χ3v) is 5.60. The second-order valence-corrected chi connectivity index (χ2v) is 8.29. The van der Waals surface area contributed by atoms with Gasteiger partial charge in [0.15, 0.2) is 0 Å². The first-order chi connectivity index (χ1) is 12.5. The van der Waals surface area contributed by atoms with Gasteiger partial charge < -0.3 is 10.2 Å². The predicted octanol–water partition coefficient (Wildman–Crippen LogP) is 3.91. The summed E-state index contributed by atoms with van der Waals surface area (Å²) in [6.07, 6.45) is 3.56. The fourth-order valence-electron chi connectivity index (χ4n) is 3.09. The van der Waals surface area contributed by atoms with Gasteiger partial charge in [0.1, 0.15) is 11.9 Å². The van der Waals surface area contributed by atoms with E-state index in [1.54, 1.807) is 0 Å². The van der Waals surface area contributed by atoms with E-state index < -0.39 is 0 Å². The summed E-state index contributed by atoms with van der Waals surface area (Å²) in [5.74, 6) is 1.49. The van der Waals surface area contributed by atoms with Crippen LogP contribution in [0.25, 0.3) is 0 Å². The van der Waals surface area contributed by atoms with E-state index in [1.165, 1.54) is 11.5 Å². The molecule has 0 aliphatic carbocycles. The first-order valence-electron chi connectivity index (χ1n) is 9.14. The van der Waals surface area contributed by atoms with Crippen LogP contribution < -0.4 is 10.2 Å². The smallest absolute Gasteiger partial charge is 0.242 e. The van der Waals surface area contributed by atoms with Crippen LogP contribution in [0.3, 0.4) is 0 Å². The average molecular weight is 393 g/mol. The van der Waals surface area contributed by atoms with E-state index in [-0.39, 0.29) is 11.9 Å². The minimum Gasteiger partial charge on any atom is -0.354 e.